The number of nitrogens with one attached hydrogen (secondary N) is 1. The molecular formula is C14H19N2O2. The zero-order chi connectivity index (χ0) is 12.6. The largest absolute Gasteiger partial charge is 0.379 e. The molecule has 0 bridgehead atoms. The van der Waals surface area contributed by atoms with Gasteiger partial charge in [-0.1, -0.05) is 12.1 Å². The third kappa shape index (κ3) is 4.13. The Kier molecular flexibility index (Phi) is 5.17. The van der Waals surface area contributed by atoms with Gasteiger partial charge in [0.25, 0.3) is 5.91 Å². The molecule has 0 spiro atoms. The van der Waals surface area contributed by atoms with Gasteiger partial charge in [-0.2, -0.15) is 0 Å². The SMILES string of the molecule is O=C(NCCCN1CCOCC1)c1c[c]ccc1. The quantitative estimate of drug-likeness (QED) is 0.787. The molecule has 1 aromatic carbocycles. The van der Waals surface area contributed by atoms with Gasteiger partial charge in [0, 0.05) is 25.2 Å². The third-order valence-electron chi connectivity index (χ3n) is 3.01. The van der Waals surface area contributed by atoms with E-state index in [0.717, 1.165) is 39.3 Å². The van der Waals surface area contributed by atoms with E-state index in [4.69, 9.17) is 4.74 Å². The summed E-state index contributed by atoms with van der Waals surface area (Å²) in [4.78, 5) is 14.1. The van der Waals surface area contributed by atoms with Crippen LogP contribution in [0.15, 0.2) is 24.3 Å². The minimum absolute atomic E-state index is 0.0196. The Morgan fingerprint density at radius 3 is 3.00 bits per heavy atom. The van der Waals surface area contributed by atoms with Gasteiger partial charge in [0.15, 0.2) is 0 Å². The number of morpholine rings is 1. The molecule has 4 heteroatoms. The minimum Gasteiger partial charge on any atom is -0.379 e. The Hall–Kier alpha value is -1.39. The fraction of sp³-hybridized carbons (Fsp3) is 0.500. The lowest BCUT2D eigenvalue weighted by molar-refractivity contribution is 0.0374. The zero-order valence-electron chi connectivity index (χ0n) is 10.5. The Morgan fingerprint density at radius 2 is 2.28 bits per heavy atom. The molecule has 2 rings (SSSR count). The number of ether oxygens (including phenoxy) is 1. The van der Waals surface area contributed by atoms with E-state index in [1.54, 1.807) is 18.2 Å². The van der Waals surface area contributed by atoms with E-state index in [-0.39, 0.29) is 5.91 Å². The first kappa shape index (κ1) is 13.1. The smallest absolute Gasteiger partial charge is 0.251 e. The molecule has 1 aliphatic heterocycles. The molecule has 97 valence electrons. The zero-order valence-corrected chi connectivity index (χ0v) is 10.5. The lowest BCUT2D eigenvalue weighted by Gasteiger charge is -2.26. The van der Waals surface area contributed by atoms with Crippen LogP contribution in [0.2, 0.25) is 0 Å². The molecular weight excluding hydrogens is 228 g/mol. The van der Waals surface area contributed by atoms with Gasteiger partial charge < -0.3 is 10.1 Å². The van der Waals surface area contributed by atoms with Crippen LogP contribution in [0.3, 0.4) is 0 Å². The first-order valence-corrected chi connectivity index (χ1v) is 6.41. The van der Waals surface area contributed by atoms with Gasteiger partial charge in [0.05, 0.1) is 13.2 Å². The topological polar surface area (TPSA) is 41.6 Å². The van der Waals surface area contributed by atoms with Crippen molar-refractivity contribution < 1.29 is 9.53 Å². The van der Waals surface area contributed by atoms with Crippen molar-refractivity contribution in [1.29, 1.82) is 0 Å². The highest BCUT2D eigenvalue weighted by molar-refractivity contribution is 5.93. The molecule has 0 saturated carbocycles. The molecule has 1 saturated heterocycles. The van der Waals surface area contributed by atoms with E-state index in [1.165, 1.54) is 0 Å². The lowest BCUT2D eigenvalue weighted by atomic mass is 10.2. The fourth-order valence-electron chi connectivity index (χ4n) is 1.97. The van der Waals surface area contributed by atoms with Crippen LogP contribution in [0.5, 0.6) is 0 Å². The molecule has 0 atom stereocenters. The highest BCUT2D eigenvalue weighted by Gasteiger charge is 2.09. The Labute approximate surface area is 108 Å². The monoisotopic (exact) mass is 247 g/mol. The summed E-state index contributed by atoms with van der Waals surface area (Å²) in [5.41, 5.74) is 0.670. The number of carbonyl (C=O) groups is 1. The van der Waals surface area contributed by atoms with Crippen molar-refractivity contribution in [3.63, 3.8) is 0 Å². The van der Waals surface area contributed by atoms with Gasteiger partial charge in [-0.3, -0.25) is 9.69 Å². The molecule has 1 N–H and O–H groups in total. The summed E-state index contributed by atoms with van der Waals surface area (Å²) in [5, 5.41) is 2.92. The molecule has 0 unspecified atom stereocenters. The van der Waals surface area contributed by atoms with Gasteiger partial charge in [0.2, 0.25) is 0 Å². The first-order valence-electron chi connectivity index (χ1n) is 6.41. The normalized spacial score (nSPS) is 16.4. The van der Waals surface area contributed by atoms with Crippen LogP contribution >= 0.6 is 0 Å². The van der Waals surface area contributed by atoms with Crippen molar-refractivity contribution in [2.75, 3.05) is 39.4 Å². The highest BCUT2D eigenvalue weighted by Crippen LogP contribution is 1.99. The van der Waals surface area contributed by atoms with Crippen molar-refractivity contribution in [3.8, 4) is 0 Å². The summed E-state index contributed by atoms with van der Waals surface area (Å²) in [5.74, 6) is -0.0196. The molecule has 0 aromatic heterocycles. The number of amides is 1. The lowest BCUT2D eigenvalue weighted by Crippen LogP contribution is -2.38. The fourth-order valence-corrected chi connectivity index (χ4v) is 1.97. The molecule has 1 aliphatic rings. The van der Waals surface area contributed by atoms with E-state index in [1.807, 2.05) is 6.07 Å². The Bertz CT molecular complexity index is 361. The number of hydrogen-bond acceptors (Lipinski definition) is 3. The van der Waals surface area contributed by atoms with E-state index in [0.29, 0.717) is 12.1 Å². The van der Waals surface area contributed by atoms with E-state index >= 15 is 0 Å². The van der Waals surface area contributed by atoms with Crippen LogP contribution in [0.25, 0.3) is 0 Å². The van der Waals surface area contributed by atoms with Crippen molar-refractivity contribution in [1.82, 2.24) is 10.2 Å². The second-order valence-corrected chi connectivity index (χ2v) is 4.36. The van der Waals surface area contributed by atoms with Gasteiger partial charge in [-0.15, -0.1) is 0 Å². The van der Waals surface area contributed by atoms with Gasteiger partial charge >= 0.3 is 0 Å². The number of benzene rings is 1. The molecule has 4 nitrogen and oxygen atoms in total. The molecule has 1 heterocycles. The van der Waals surface area contributed by atoms with Crippen LogP contribution in [0, 0.1) is 6.07 Å². The average molecular weight is 247 g/mol. The average Bonchev–Trinajstić information content (AvgIpc) is 2.45. The van der Waals surface area contributed by atoms with Crippen LogP contribution in [-0.2, 0) is 4.74 Å². The molecule has 1 fully saturated rings. The standard InChI is InChI=1S/C14H19N2O2/c17-14(13-5-2-1-3-6-13)15-7-4-8-16-9-11-18-12-10-16/h1-2,5-6H,4,7-12H2,(H,15,17). The van der Waals surface area contributed by atoms with E-state index in [2.05, 4.69) is 16.3 Å². The van der Waals surface area contributed by atoms with Gasteiger partial charge in [-0.25, -0.2) is 0 Å². The summed E-state index contributed by atoms with van der Waals surface area (Å²) in [6, 6.07) is 10.0. The number of hydrogen-bond donors (Lipinski definition) is 1. The summed E-state index contributed by atoms with van der Waals surface area (Å²) >= 11 is 0. The minimum atomic E-state index is -0.0196. The van der Waals surface area contributed by atoms with Gasteiger partial charge in [0.1, 0.15) is 0 Å². The predicted molar refractivity (Wildman–Crippen MR) is 69.5 cm³/mol. The summed E-state index contributed by atoms with van der Waals surface area (Å²) in [7, 11) is 0. The third-order valence-corrected chi connectivity index (χ3v) is 3.01. The molecule has 18 heavy (non-hydrogen) atoms. The summed E-state index contributed by atoms with van der Waals surface area (Å²) < 4.78 is 5.29. The van der Waals surface area contributed by atoms with E-state index in [9.17, 15) is 4.79 Å². The highest BCUT2D eigenvalue weighted by atomic mass is 16.5. The van der Waals surface area contributed by atoms with Gasteiger partial charge in [-0.05, 0) is 31.2 Å². The van der Waals surface area contributed by atoms with Crippen molar-refractivity contribution in [2.45, 2.75) is 6.42 Å². The van der Waals surface area contributed by atoms with Crippen molar-refractivity contribution >= 4 is 5.91 Å². The predicted octanol–water partition coefficient (Wildman–Crippen LogP) is 0.939. The maximum absolute atomic E-state index is 11.7. The van der Waals surface area contributed by atoms with Crippen molar-refractivity contribution in [3.05, 3.63) is 35.9 Å². The summed E-state index contributed by atoms with van der Waals surface area (Å²) in [6.07, 6.45) is 0.974. The second kappa shape index (κ2) is 7.13. The number of nitrogens with zero attached hydrogens (tertiary/aromatic N) is 1. The van der Waals surface area contributed by atoms with Crippen LogP contribution in [-0.4, -0.2) is 50.2 Å². The maximum atomic E-state index is 11.7. The van der Waals surface area contributed by atoms with Crippen LogP contribution < -0.4 is 5.32 Å². The van der Waals surface area contributed by atoms with Crippen LogP contribution in [0.4, 0.5) is 0 Å². The number of carbonyl (C=O) groups excluding carboxylic acids is 1. The number of rotatable bonds is 5. The first-order chi connectivity index (χ1) is 8.86. The van der Waals surface area contributed by atoms with Crippen molar-refractivity contribution in [2.24, 2.45) is 0 Å². The molecule has 1 aromatic rings. The Morgan fingerprint density at radius 1 is 1.44 bits per heavy atom. The van der Waals surface area contributed by atoms with E-state index < -0.39 is 0 Å². The molecule has 1 radical (unpaired) electrons. The maximum Gasteiger partial charge on any atom is 0.251 e. The Balaban J connectivity index is 1.62. The van der Waals surface area contributed by atoms with Crippen LogP contribution in [0.1, 0.15) is 16.8 Å². The summed E-state index contributed by atoms with van der Waals surface area (Å²) in [6.45, 7) is 5.39. The second-order valence-electron chi connectivity index (χ2n) is 4.36. The molecule has 1 amide bonds. The molecule has 0 aliphatic carbocycles.